The van der Waals surface area contributed by atoms with Crippen molar-refractivity contribution in [3.8, 4) is 0 Å². The molecule has 1 aromatic carbocycles. The minimum atomic E-state index is -0.560. The van der Waals surface area contributed by atoms with Crippen molar-refractivity contribution < 1.29 is 9.18 Å². The second kappa shape index (κ2) is 5.14. The summed E-state index contributed by atoms with van der Waals surface area (Å²) in [5.74, 6) is -0.529. The van der Waals surface area contributed by atoms with Gasteiger partial charge in [-0.1, -0.05) is 0 Å². The van der Waals surface area contributed by atoms with Gasteiger partial charge < -0.3 is 11.1 Å². The van der Waals surface area contributed by atoms with Crippen molar-refractivity contribution >= 4 is 27.5 Å². The first kappa shape index (κ1) is 14.1. The first-order chi connectivity index (χ1) is 7.69. The Balaban J connectivity index is 2.82. The van der Waals surface area contributed by atoms with Crippen molar-refractivity contribution in [3.63, 3.8) is 0 Å². The number of rotatable bonds is 3. The van der Waals surface area contributed by atoms with Crippen LogP contribution in [0.3, 0.4) is 0 Å². The van der Waals surface area contributed by atoms with Crippen LogP contribution in [0.4, 0.5) is 10.1 Å². The summed E-state index contributed by atoms with van der Waals surface area (Å²) >= 11 is 3.08. The van der Waals surface area contributed by atoms with E-state index in [1.54, 1.807) is 26.8 Å². The number of carbonyl (C=O) groups is 1. The lowest BCUT2D eigenvalue weighted by Gasteiger charge is -2.18. The summed E-state index contributed by atoms with van der Waals surface area (Å²) in [6, 6.07) is 2.92. The summed E-state index contributed by atoms with van der Waals surface area (Å²) in [7, 11) is 0. The molecule has 0 saturated carbocycles. The van der Waals surface area contributed by atoms with Gasteiger partial charge in [0.25, 0.3) is 0 Å². The van der Waals surface area contributed by atoms with E-state index in [0.717, 1.165) is 0 Å². The normalized spacial score (nSPS) is 11.4. The zero-order valence-corrected chi connectivity index (χ0v) is 11.7. The average molecular weight is 303 g/mol. The largest absolute Gasteiger partial charge is 0.326 e. The zero-order valence-electron chi connectivity index (χ0n) is 10.1. The first-order valence-corrected chi connectivity index (χ1v) is 6.03. The fourth-order valence-corrected chi connectivity index (χ4v) is 1.73. The quantitative estimate of drug-likeness (QED) is 0.902. The molecule has 1 amide bonds. The highest BCUT2D eigenvalue weighted by molar-refractivity contribution is 9.10. The molecule has 0 aliphatic carbocycles. The zero-order chi connectivity index (χ0) is 13.2. The molecule has 3 nitrogen and oxygen atoms in total. The lowest BCUT2D eigenvalue weighted by molar-refractivity contribution is -0.117. The lowest BCUT2D eigenvalue weighted by atomic mass is 10.0. The maximum Gasteiger partial charge on any atom is 0.226 e. The molecular weight excluding hydrogens is 287 g/mol. The highest BCUT2D eigenvalue weighted by Gasteiger charge is 2.17. The van der Waals surface area contributed by atoms with Crippen LogP contribution >= 0.6 is 15.9 Å². The second-order valence-corrected chi connectivity index (χ2v) is 5.65. The number of carbonyl (C=O) groups excluding carboxylic acids is 1. The Morgan fingerprint density at radius 3 is 2.65 bits per heavy atom. The summed E-state index contributed by atoms with van der Waals surface area (Å²) in [5.41, 5.74) is 6.46. The van der Waals surface area contributed by atoms with Gasteiger partial charge in [0, 0.05) is 17.6 Å². The Kier molecular flexibility index (Phi) is 4.27. The van der Waals surface area contributed by atoms with Crippen LogP contribution in [0.15, 0.2) is 16.6 Å². The van der Waals surface area contributed by atoms with Gasteiger partial charge in [0.1, 0.15) is 5.82 Å². The Morgan fingerprint density at radius 2 is 2.12 bits per heavy atom. The number of nitrogens with one attached hydrogen (secondary N) is 1. The van der Waals surface area contributed by atoms with Gasteiger partial charge in [-0.25, -0.2) is 4.39 Å². The van der Waals surface area contributed by atoms with Gasteiger partial charge in [-0.2, -0.15) is 0 Å². The molecule has 0 unspecified atom stereocenters. The molecule has 0 heterocycles. The number of hydrogen-bond donors (Lipinski definition) is 2. The fraction of sp³-hybridized carbons (Fsp3) is 0.417. The number of amides is 1. The van der Waals surface area contributed by atoms with Gasteiger partial charge in [-0.3, -0.25) is 4.79 Å². The maximum absolute atomic E-state index is 13.2. The molecule has 0 aromatic heterocycles. The summed E-state index contributed by atoms with van der Waals surface area (Å²) in [4.78, 5) is 11.7. The molecule has 94 valence electrons. The van der Waals surface area contributed by atoms with E-state index in [9.17, 15) is 9.18 Å². The minimum absolute atomic E-state index is 0.181. The Bertz CT molecular complexity index is 441. The summed E-state index contributed by atoms with van der Waals surface area (Å²) in [5, 5.41) is 2.72. The summed E-state index contributed by atoms with van der Waals surface area (Å²) < 4.78 is 13.5. The van der Waals surface area contributed by atoms with Gasteiger partial charge in [-0.15, -0.1) is 0 Å². The third-order valence-electron chi connectivity index (χ3n) is 2.16. The lowest BCUT2D eigenvalue weighted by Crippen LogP contribution is -2.36. The third-order valence-corrected chi connectivity index (χ3v) is 2.77. The predicted octanol–water partition coefficient (Wildman–Crippen LogP) is 2.96. The molecule has 17 heavy (non-hydrogen) atoms. The maximum atomic E-state index is 13.2. The molecular formula is C12H16BrFN2O. The Morgan fingerprint density at radius 1 is 1.53 bits per heavy atom. The van der Waals surface area contributed by atoms with Crippen LogP contribution in [0.1, 0.15) is 25.8 Å². The molecule has 1 aromatic rings. The van der Waals surface area contributed by atoms with Crippen LogP contribution < -0.4 is 11.1 Å². The van der Waals surface area contributed by atoms with E-state index in [1.165, 1.54) is 6.07 Å². The smallest absolute Gasteiger partial charge is 0.226 e. The van der Waals surface area contributed by atoms with E-state index in [-0.39, 0.29) is 18.1 Å². The highest BCUT2D eigenvalue weighted by atomic mass is 79.9. The molecule has 0 atom stereocenters. The van der Waals surface area contributed by atoms with Gasteiger partial charge in [0.05, 0.1) is 4.47 Å². The summed E-state index contributed by atoms with van der Waals surface area (Å²) in [6.07, 6.45) is 0.210. The van der Waals surface area contributed by atoms with Crippen LogP contribution in [0.2, 0.25) is 0 Å². The standard InChI is InChI=1S/C12H16BrFN2O/c1-7-4-9(14)8(13)5-10(7)16-11(17)6-12(2,3)15/h4-5H,6,15H2,1-3H3,(H,16,17). The van der Waals surface area contributed by atoms with Crippen LogP contribution in [-0.4, -0.2) is 11.4 Å². The molecule has 1 rings (SSSR count). The average Bonchev–Trinajstić information content (AvgIpc) is 2.11. The van der Waals surface area contributed by atoms with Crippen molar-refractivity contribution in [2.24, 2.45) is 5.73 Å². The van der Waals surface area contributed by atoms with E-state index < -0.39 is 5.54 Å². The van der Waals surface area contributed by atoms with Crippen LogP contribution in [-0.2, 0) is 4.79 Å². The number of nitrogens with two attached hydrogens (primary N) is 1. The van der Waals surface area contributed by atoms with Gasteiger partial charge in [0.15, 0.2) is 0 Å². The molecule has 3 N–H and O–H groups in total. The SMILES string of the molecule is Cc1cc(F)c(Br)cc1NC(=O)CC(C)(C)N. The molecule has 0 fully saturated rings. The van der Waals surface area contributed by atoms with Gasteiger partial charge >= 0.3 is 0 Å². The molecule has 0 bridgehead atoms. The second-order valence-electron chi connectivity index (χ2n) is 4.79. The first-order valence-electron chi connectivity index (χ1n) is 5.23. The predicted molar refractivity (Wildman–Crippen MR) is 70.4 cm³/mol. The fourth-order valence-electron chi connectivity index (χ4n) is 1.39. The van der Waals surface area contributed by atoms with Crippen molar-refractivity contribution in [1.29, 1.82) is 0 Å². The Labute approximate surface area is 109 Å². The number of halogens is 2. The highest BCUT2D eigenvalue weighted by Crippen LogP contribution is 2.24. The number of hydrogen-bond acceptors (Lipinski definition) is 2. The van der Waals surface area contributed by atoms with Crippen LogP contribution in [0.25, 0.3) is 0 Å². The van der Waals surface area contributed by atoms with E-state index >= 15 is 0 Å². The van der Waals surface area contributed by atoms with E-state index in [1.807, 2.05) is 0 Å². The van der Waals surface area contributed by atoms with Gasteiger partial charge in [0.2, 0.25) is 5.91 Å². The van der Waals surface area contributed by atoms with Crippen LogP contribution in [0, 0.1) is 12.7 Å². The van der Waals surface area contributed by atoms with E-state index in [4.69, 9.17) is 5.73 Å². The molecule has 0 radical (unpaired) electrons. The van der Waals surface area contributed by atoms with Gasteiger partial charge in [-0.05, 0) is 54.4 Å². The number of anilines is 1. The third kappa shape index (κ3) is 4.44. The Hall–Kier alpha value is -0.940. The summed E-state index contributed by atoms with van der Waals surface area (Å²) in [6.45, 7) is 5.29. The van der Waals surface area contributed by atoms with Crippen molar-refractivity contribution in [3.05, 3.63) is 28.0 Å². The number of benzene rings is 1. The van der Waals surface area contributed by atoms with E-state index in [0.29, 0.717) is 15.7 Å². The van der Waals surface area contributed by atoms with Crippen molar-refractivity contribution in [2.45, 2.75) is 32.7 Å². The molecule has 0 saturated heterocycles. The minimum Gasteiger partial charge on any atom is -0.326 e. The topological polar surface area (TPSA) is 55.1 Å². The van der Waals surface area contributed by atoms with Crippen LogP contribution in [0.5, 0.6) is 0 Å². The molecule has 0 aliphatic rings. The monoisotopic (exact) mass is 302 g/mol. The molecule has 5 heteroatoms. The van der Waals surface area contributed by atoms with Crippen molar-refractivity contribution in [2.75, 3.05) is 5.32 Å². The number of aryl methyl sites for hydroxylation is 1. The molecule has 0 spiro atoms. The molecule has 0 aliphatic heterocycles. The van der Waals surface area contributed by atoms with E-state index in [2.05, 4.69) is 21.2 Å². The van der Waals surface area contributed by atoms with Crippen molar-refractivity contribution in [1.82, 2.24) is 0 Å².